The average molecular weight is 383 g/mol. The number of aryl methyl sites for hydroxylation is 1. The zero-order valence-electron chi connectivity index (χ0n) is 15.1. The minimum absolute atomic E-state index is 0.0913. The number of amides is 2. The Morgan fingerprint density at radius 2 is 2.21 bits per heavy atom. The molecule has 3 heterocycles. The number of anilines is 1. The monoisotopic (exact) mass is 383 g/mol. The number of nitrogens with zero attached hydrogens (tertiary/aromatic N) is 4. The van der Waals surface area contributed by atoms with Crippen LogP contribution in [0.1, 0.15) is 23.8 Å². The summed E-state index contributed by atoms with van der Waals surface area (Å²) in [7, 11) is 0. The molecule has 0 bridgehead atoms. The van der Waals surface area contributed by atoms with Crippen LogP contribution in [0.2, 0.25) is 0 Å². The summed E-state index contributed by atoms with van der Waals surface area (Å²) in [4.78, 5) is 26.0. The quantitative estimate of drug-likeness (QED) is 0.729. The van der Waals surface area contributed by atoms with Crippen LogP contribution in [0.15, 0.2) is 47.2 Å². The van der Waals surface area contributed by atoms with E-state index in [4.69, 9.17) is 4.52 Å². The van der Waals surface area contributed by atoms with E-state index in [1.54, 1.807) is 29.2 Å². The maximum atomic E-state index is 14.0. The summed E-state index contributed by atoms with van der Waals surface area (Å²) in [5.74, 6) is -0.744. The minimum atomic E-state index is -0.475. The molecule has 0 aliphatic carbocycles. The Kier molecular flexibility index (Phi) is 4.64. The summed E-state index contributed by atoms with van der Waals surface area (Å²) in [6, 6.07) is 7.14. The zero-order valence-corrected chi connectivity index (χ0v) is 15.1. The summed E-state index contributed by atoms with van der Waals surface area (Å²) in [5, 5.41) is 10.7. The highest BCUT2D eigenvalue weighted by Gasteiger charge is 2.33. The van der Waals surface area contributed by atoms with Crippen molar-refractivity contribution in [3.05, 3.63) is 54.2 Å². The van der Waals surface area contributed by atoms with Crippen molar-refractivity contribution in [3.8, 4) is 11.3 Å². The summed E-state index contributed by atoms with van der Waals surface area (Å²) in [5.41, 5.74) is 1.03. The normalized spacial score (nSPS) is 16.6. The molecule has 9 heteroatoms. The summed E-state index contributed by atoms with van der Waals surface area (Å²) in [6.07, 6.45) is 3.52. The van der Waals surface area contributed by atoms with Crippen molar-refractivity contribution in [1.29, 1.82) is 0 Å². The van der Waals surface area contributed by atoms with E-state index in [0.717, 1.165) is 12.1 Å². The lowest BCUT2D eigenvalue weighted by molar-refractivity contribution is -0.117. The maximum absolute atomic E-state index is 14.0. The van der Waals surface area contributed by atoms with Gasteiger partial charge in [-0.15, -0.1) is 0 Å². The molecule has 1 aliphatic rings. The van der Waals surface area contributed by atoms with E-state index in [0.29, 0.717) is 5.76 Å². The Labute approximate surface area is 159 Å². The van der Waals surface area contributed by atoms with Gasteiger partial charge in [-0.25, -0.2) is 4.39 Å². The van der Waals surface area contributed by atoms with Gasteiger partial charge in [-0.1, -0.05) is 17.3 Å². The molecule has 1 fully saturated rings. The van der Waals surface area contributed by atoms with Gasteiger partial charge in [0.1, 0.15) is 5.82 Å². The van der Waals surface area contributed by atoms with Gasteiger partial charge in [0, 0.05) is 31.8 Å². The SMILES string of the molecule is CCn1cc(-c2cc(C(=O)NC3CC(=O)N(c4ccccc4F)C3)no2)cn1. The topological polar surface area (TPSA) is 93.3 Å². The van der Waals surface area contributed by atoms with E-state index in [2.05, 4.69) is 15.6 Å². The summed E-state index contributed by atoms with van der Waals surface area (Å²) in [6.45, 7) is 2.87. The van der Waals surface area contributed by atoms with E-state index in [1.165, 1.54) is 23.1 Å². The van der Waals surface area contributed by atoms with Crippen molar-refractivity contribution in [2.24, 2.45) is 0 Å². The van der Waals surface area contributed by atoms with Crippen molar-refractivity contribution in [3.63, 3.8) is 0 Å². The first-order chi connectivity index (χ1) is 13.5. The maximum Gasteiger partial charge on any atom is 0.273 e. The van der Waals surface area contributed by atoms with Crippen LogP contribution < -0.4 is 10.2 Å². The molecular weight excluding hydrogens is 365 g/mol. The Morgan fingerprint density at radius 3 is 2.96 bits per heavy atom. The fourth-order valence-electron chi connectivity index (χ4n) is 3.15. The van der Waals surface area contributed by atoms with Gasteiger partial charge >= 0.3 is 0 Å². The van der Waals surface area contributed by atoms with E-state index in [-0.39, 0.29) is 30.3 Å². The van der Waals surface area contributed by atoms with E-state index < -0.39 is 17.8 Å². The van der Waals surface area contributed by atoms with Gasteiger partial charge in [-0.3, -0.25) is 14.3 Å². The molecule has 1 unspecified atom stereocenters. The lowest BCUT2D eigenvalue weighted by Gasteiger charge is -2.17. The van der Waals surface area contributed by atoms with E-state index in [9.17, 15) is 14.0 Å². The van der Waals surface area contributed by atoms with Crippen molar-refractivity contribution in [1.82, 2.24) is 20.3 Å². The minimum Gasteiger partial charge on any atom is -0.355 e. The Morgan fingerprint density at radius 1 is 1.39 bits per heavy atom. The smallest absolute Gasteiger partial charge is 0.273 e. The standard InChI is InChI=1S/C19H18FN5O3/c1-2-24-10-12(9-21-24)17-8-15(23-28-17)19(27)22-13-7-18(26)25(11-13)16-6-4-3-5-14(16)20/h3-6,8-10,13H,2,7,11H2,1H3,(H,22,27). The van der Waals surface area contributed by atoms with Gasteiger partial charge in [0.2, 0.25) is 5.91 Å². The third-order valence-electron chi connectivity index (χ3n) is 4.59. The predicted molar refractivity (Wildman–Crippen MR) is 98.0 cm³/mol. The number of benzene rings is 1. The van der Waals surface area contributed by atoms with Crippen LogP contribution in [-0.4, -0.2) is 39.3 Å². The fourth-order valence-corrected chi connectivity index (χ4v) is 3.15. The lowest BCUT2D eigenvalue weighted by Crippen LogP contribution is -2.37. The molecule has 0 radical (unpaired) electrons. The molecule has 0 saturated carbocycles. The number of hydrogen-bond donors (Lipinski definition) is 1. The summed E-state index contributed by atoms with van der Waals surface area (Å²) >= 11 is 0. The van der Waals surface area contributed by atoms with Gasteiger partial charge in [0.15, 0.2) is 11.5 Å². The van der Waals surface area contributed by atoms with Crippen LogP contribution in [0, 0.1) is 5.82 Å². The molecule has 8 nitrogen and oxygen atoms in total. The van der Waals surface area contributed by atoms with Gasteiger partial charge in [-0.2, -0.15) is 5.10 Å². The van der Waals surface area contributed by atoms with Gasteiger partial charge in [0.25, 0.3) is 5.91 Å². The number of aromatic nitrogens is 3. The highest BCUT2D eigenvalue weighted by atomic mass is 19.1. The Balaban J connectivity index is 1.43. The highest BCUT2D eigenvalue weighted by molar-refractivity contribution is 5.98. The van der Waals surface area contributed by atoms with Crippen LogP contribution in [0.25, 0.3) is 11.3 Å². The van der Waals surface area contributed by atoms with Crippen LogP contribution in [0.4, 0.5) is 10.1 Å². The third-order valence-corrected chi connectivity index (χ3v) is 4.59. The molecule has 2 aromatic heterocycles. The highest BCUT2D eigenvalue weighted by Crippen LogP contribution is 2.25. The van der Waals surface area contributed by atoms with Crippen LogP contribution in [0.3, 0.4) is 0 Å². The van der Waals surface area contributed by atoms with Gasteiger partial charge in [-0.05, 0) is 19.1 Å². The molecule has 1 aromatic carbocycles. The van der Waals surface area contributed by atoms with Gasteiger partial charge < -0.3 is 14.7 Å². The van der Waals surface area contributed by atoms with Crippen molar-refractivity contribution < 1.29 is 18.5 Å². The average Bonchev–Trinajstić information content (AvgIpc) is 3.41. The number of carbonyl (C=O) groups is 2. The molecule has 4 rings (SSSR count). The second-order valence-electron chi connectivity index (χ2n) is 6.49. The molecular formula is C19H18FN5O3. The number of halogens is 1. The van der Waals surface area contributed by atoms with Crippen LogP contribution in [0.5, 0.6) is 0 Å². The number of hydrogen-bond acceptors (Lipinski definition) is 5. The second-order valence-corrected chi connectivity index (χ2v) is 6.49. The Hall–Kier alpha value is -3.49. The second kappa shape index (κ2) is 7.26. The number of nitrogens with one attached hydrogen (secondary N) is 1. The molecule has 28 heavy (non-hydrogen) atoms. The molecule has 1 aliphatic heterocycles. The first kappa shape index (κ1) is 17.9. The third kappa shape index (κ3) is 3.38. The fraction of sp³-hybridized carbons (Fsp3) is 0.263. The first-order valence-electron chi connectivity index (χ1n) is 8.90. The molecule has 3 aromatic rings. The molecule has 2 amide bonds. The van der Waals surface area contributed by atoms with Crippen molar-refractivity contribution in [2.75, 3.05) is 11.4 Å². The predicted octanol–water partition coefficient (Wildman–Crippen LogP) is 2.23. The summed E-state index contributed by atoms with van der Waals surface area (Å²) < 4.78 is 20.9. The zero-order chi connectivity index (χ0) is 19.7. The van der Waals surface area contributed by atoms with Gasteiger partial charge in [0.05, 0.1) is 23.5 Å². The number of rotatable bonds is 5. The van der Waals surface area contributed by atoms with E-state index >= 15 is 0 Å². The largest absolute Gasteiger partial charge is 0.355 e. The van der Waals surface area contributed by atoms with Crippen LogP contribution in [-0.2, 0) is 11.3 Å². The Bertz CT molecular complexity index is 1030. The molecule has 1 atom stereocenters. The van der Waals surface area contributed by atoms with Crippen molar-refractivity contribution >= 4 is 17.5 Å². The number of para-hydroxylation sites is 1. The molecule has 1 N–H and O–H groups in total. The molecule has 144 valence electrons. The number of carbonyl (C=O) groups excluding carboxylic acids is 2. The lowest BCUT2D eigenvalue weighted by atomic mass is 10.2. The van der Waals surface area contributed by atoms with Crippen LogP contribution >= 0.6 is 0 Å². The molecule has 1 saturated heterocycles. The van der Waals surface area contributed by atoms with Crippen molar-refractivity contribution in [2.45, 2.75) is 25.9 Å². The van der Waals surface area contributed by atoms with E-state index in [1.807, 2.05) is 6.92 Å². The first-order valence-corrected chi connectivity index (χ1v) is 8.90. The molecule has 0 spiro atoms.